The Balaban J connectivity index is 0.000000141. The zero-order valence-electron chi connectivity index (χ0n) is 14.1. The lowest BCUT2D eigenvalue weighted by Crippen LogP contribution is -2.21. The van der Waals surface area contributed by atoms with Crippen molar-refractivity contribution in [2.24, 2.45) is 11.8 Å². The number of aliphatic hydroxyl groups is 1. The molecule has 1 atom stereocenters. The van der Waals surface area contributed by atoms with Gasteiger partial charge in [0.2, 0.25) is 0 Å². The summed E-state index contributed by atoms with van der Waals surface area (Å²) in [7, 11) is 0. The highest BCUT2D eigenvalue weighted by molar-refractivity contribution is 5.98. The van der Waals surface area contributed by atoms with Crippen LogP contribution < -0.4 is 0 Å². The highest BCUT2D eigenvalue weighted by atomic mass is 16.3. The minimum Gasteiger partial charge on any atom is -0.388 e. The summed E-state index contributed by atoms with van der Waals surface area (Å²) < 4.78 is 0. The fourth-order valence-electron chi connectivity index (χ4n) is 3.19. The van der Waals surface area contributed by atoms with Crippen molar-refractivity contribution in [1.29, 1.82) is 0 Å². The minimum atomic E-state index is -0.222. The Morgan fingerprint density at radius 1 is 0.833 bits per heavy atom. The molecule has 2 aromatic carbocycles. The van der Waals surface area contributed by atoms with Crippen molar-refractivity contribution in [3.8, 4) is 0 Å². The average Bonchev–Trinajstić information content (AvgIpc) is 2.54. The van der Waals surface area contributed by atoms with E-state index < -0.39 is 0 Å². The first-order valence-corrected chi connectivity index (χ1v) is 9.08. The molecule has 0 spiro atoms. The largest absolute Gasteiger partial charge is 0.388 e. The van der Waals surface area contributed by atoms with Gasteiger partial charge in [-0.1, -0.05) is 73.5 Å². The van der Waals surface area contributed by atoms with Gasteiger partial charge in [0.05, 0.1) is 6.10 Å². The van der Waals surface area contributed by atoms with Crippen molar-refractivity contribution in [2.75, 3.05) is 0 Å². The van der Waals surface area contributed by atoms with Gasteiger partial charge in [-0.25, -0.2) is 0 Å². The predicted molar refractivity (Wildman–Crippen MR) is 96.9 cm³/mol. The van der Waals surface area contributed by atoms with Crippen LogP contribution in [0.4, 0.5) is 0 Å². The number of rotatable bonds is 4. The summed E-state index contributed by atoms with van der Waals surface area (Å²) in [5, 5.41) is 9.84. The molecule has 2 aliphatic rings. The van der Waals surface area contributed by atoms with Crippen LogP contribution >= 0.6 is 0 Å². The van der Waals surface area contributed by atoms with E-state index in [1.165, 1.54) is 25.7 Å². The second-order valence-electron chi connectivity index (χ2n) is 6.90. The fourth-order valence-corrected chi connectivity index (χ4v) is 3.19. The van der Waals surface area contributed by atoms with Crippen molar-refractivity contribution < 1.29 is 9.90 Å². The van der Waals surface area contributed by atoms with E-state index in [1.807, 2.05) is 60.7 Å². The molecule has 2 aliphatic carbocycles. The standard InChI is InChI=1S/C11H14O.C11H12O/c2*12-11(10-7-4-8-10)9-5-2-1-3-6-9/h1-3,5-6,10-12H,4,7-8H2;1-3,5-6,10H,4,7-8H2. The highest BCUT2D eigenvalue weighted by Gasteiger charge is 2.26. The molecule has 126 valence electrons. The maximum absolute atomic E-state index is 11.6. The van der Waals surface area contributed by atoms with Crippen molar-refractivity contribution in [3.63, 3.8) is 0 Å². The number of hydrogen-bond donors (Lipinski definition) is 1. The van der Waals surface area contributed by atoms with E-state index in [0.29, 0.717) is 17.6 Å². The highest BCUT2D eigenvalue weighted by Crippen LogP contribution is 2.37. The number of carbonyl (C=O) groups is 1. The maximum atomic E-state index is 11.6. The average molecular weight is 322 g/mol. The normalized spacial score (nSPS) is 18.5. The molecule has 2 saturated carbocycles. The number of Topliss-reactive ketones (excluding diaryl/α,β-unsaturated/α-hetero) is 1. The molecule has 0 aliphatic heterocycles. The predicted octanol–water partition coefficient (Wildman–Crippen LogP) is 5.19. The van der Waals surface area contributed by atoms with Crippen LogP contribution in [0.5, 0.6) is 0 Å². The van der Waals surface area contributed by atoms with Gasteiger partial charge in [-0.3, -0.25) is 4.79 Å². The van der Waals surface area contributed by atoms with Crippen LogP contribution in [0.2, 0.25) is 0 Å². The van der Waals surface area contributed by atoms with Crippen LogP contribution in [0.1, 0.15) is 60.6 Å². The molecule has 0 radical (unpaired) electrons. The molecule has 0 aromatic heterocycles. The molecule has 2 fully saturated rings. The molecular weight excluding hydrogens is 296 g/mol. The molecule has 2 aromatic rings. The third-order valence-corrected chi connectivity index (χ3v) is 5.27. The lowest BCUT2D eigenvalue weighted by Gasteiger charge is -2.30. The molecule has 2 heteroatoms. The lowest BCUT2D eigenvalue weighted by molar-refractivity contribution is 0.0621. The summed E-state index contributed by atoms with van der Waals surface area (Å²) in [6.07, 6.45) is 6.85. The SMILES string of the molecule is O=C(c1ccccc1)C1CCC1.OC(c1ccccc1)C1CCC1. The Morgan fingerprint density at radius 2 is 1.38 bits per heavy atom. The molecule has 1 N–H and O–H groups in total. The Labute approximate surface area is 144 Å². The first-order valence-electron chi connectivity index (χ1n) is 9.08. The minimum absolute atomic E-state index is 0.222. The number of hydrogen-bond acceptors (Lipinski definition) is 2. The van der Waals surface area contributed by atoms with E-state index in [9.17, 15) is 9.90 Å². The summed E-state index contributed by atoms with van der Waals surface area (Å²) in [6, 6.07) is 19.5. The van der Waals surface area contributed by atoms with E-state index in [0.717, 1.165) is 24.0 Å². The lowest BCUT2D eigenvalue weighted by atomic mass is 9.79. The maximum Gasteiger partial charge on any atom is 0.165 e. The van der Waals surface area contributed by atoms with Crippen molar-refractivity contribution >= 4 is 5.78 Å². The number of carbonyl (C=O) groups excluding carboxylic acids is 1. The Bertz CT molecular complexity index is 628. The van der Waals surface area contributed by atoms with Gasteiger partial charge in [0.25, 0.3) is 0 Å². The van der Waals surface area contributed by atoms with Crippen LogP contribution in [-0.4, -0.2) is 10.9 Å². The molecule has 24 heavy (non-hydrogen) atoms. The third kappa shape index (κ3) is 4.12. The molecule has 0 bridgehead atoms. The molecule has 4 rings (SSSR count). The van der Waals surface area contributed by atoms with Crippen molar-refractivity contribution in [3.05, 3.63) is 71.8 Å². The molecular formula is C22H26O2. The zero-order valence-corrected chi connectivity index (χ0v) is 14.1. The van der Waals surface area contributed by atoms with Gasteiger partial charge < -0.3 is 5.11 Å². The smallest absolute Gasteiger partial charge is 0.165 e. The Morgan fingerprint density at radius 3 is 1.83 bits per heavy atom. The second kappa shape index (κ2) is 8.25. The van der Waals surface area contributed by atoms with Gasteiger partial charge >= 0.3 is 0 Å². The topological polar surface area (TPSA) is 37.3 Å². The molecule has 2 nitrogen and oxygen atoms in total. The third-order valence-electron chi connectivity index (χ3n) is 5.27. The molecule has 1 unspecified atom stereocenters. The Kier molecular flexibility index (Phi) is 5.81. The first-order chi connectivity index (χ1) is 11.8. The van der Waals surface area contributed by atoms with Gasteiger partial charge in [-0.15, -0.1) is 0 Å². The van der Waals surface area contributed by atoms with Crippen molar-refractivity contribution in [2.45, 2.75) is 44.6 Å². The van der Waals surface area contributed by atoms with E-state index in [2.05, 4.69) is 0 Å². The number of ketones is 1. The summed E-state index contributed by atoms with van der Waals surface area (Å²) in [4.78, 5) is 11.6. The van der Waals surface area contributed by atoms with E-state index in [4.69, 9.17) is 0 Å². The number of aliphatic hydroxyl groups excluding tert-OH is 1. The van der Waals surface area contributed by atoms with Crippen molar-refractivity contribution in [1.82, 2.24) is 0 Å². The molecule has 0 saturated heterocycles. The van der Waals surface area contributed by atoms with E-state index >= 15 is 0 Å². The van der Waals surface area contributed by atoms with Crippen LogP contribution in [0, 0.1) is 11.8 Å². The summed E-state index contributed by atoms with van der Waals surface area (Å²) >= 11 is 0. The quantitative estimate of drug-likeness (QED) is 0.787. The zero-order chi connectivity index (χ0) is 16.8. The number of benzene rings is 2. The fraction of sp³-hybridized carbons (Fsp3) is 0.409. The summed E-state index contributed by atoms with van der Waals surface area (Å²) in [5.41, 5.74) is 1.95. The van der Waals surface area contributed by atoms with Gasteiger partial charge in [-0.05, 0) is 37.2 Å². The van der Waals surface area contributed by atoms with E-state index in [-0.39, 0.29) is 6.10 Å². The van der Waals surface area contributed by atoms with E-state index in [1.54, 1.807) is 0 Å². The summed E-state index contributed by atoms with van der Waals surface area (Å²) in [5.74, 6) is 1.18. The van der Waals surface area contributed by atoms with Crippen LogP contribution in [0.15, 0.2) is 60.7 Å². The first kappa shape index (κ1) is 16.9. The monoisotopic (exact) mass is 322 g/mol. The van der Waals surface area contributed by atoms with Gasteiger partial charge in [0.1, 0.15) is 0 Å². The Hall–Kier alpha value is -1.93. The van der Waals surface area contributed by atoms with Crippen LogP contribution in [0.3, 0.4) is 0 Å². The van der Waals surface area contributed by atoms with Gasteiger partial charge in [0, 0.05) is 11.5 Å². The van der Waals surface area contributed by atoms with Gasteiger partial charge in [0.15, 0.2) is 5.78 Å². The van der Waals surface area contributed by atoms with Gasteiger partial charge in [-0.2, -0.15) is 0 Å². The second-order valence-corrected chi connectivity index (χ2v) is 6.90. The molecule has 0 amide bonds. The van der Waals surface area contributed by atoms with Crippen LogP contribution in [-0.2, 0) is 0 Å². The summed E-state index contributed by atoms with van der Waals surface area (Å²) in [6.45, 7) is 0. The van der Waals surface area contributed by atoms with Crippen LogP contribution in [0.25, 0.3) is 0 Å². The molecule has 0 heterocycles.